The van der Waals surface area contributed by atoms with E-state index in [0.29, 0.717) is 12.2 Å². The Labute approximate surface area is 150 Å². The van der Waals surface area contributed by atoms with Crippen LogP contribution in [0.15, 0.2) is 55.1 Å². The molecule has 7 nitrogen and oxygen atoms in total. The Hall–Kier alpha value is -3.48. The molecule has 1 aromatic heterocycles. The summed E-state index contributed by atoms with van der Waals surface area (Å²) >= 11 is 0. The molecule has 7 heteroatoms. The van der Waals surface area contributed by atoms with Crippen molar-refractivity contribution in [2.24, 2.45) is 0 Å². The molecule has 26 heavy (non-hydrogen) atoms. The summed E-state index contributed by atoms with van der Waals surface area (Å²) in [5.74, 6) is -0.300. The minimum Gasteiger partial charge on any atom is -0.341 e. The number of nitrogens with one attached hydrogen (secondary N) is 2. The molecule has 0 unspecified atom stereocenters. The fraction of sp³-hybridized carbons (Fsp3) is 0.158. The summed E-state index contributed by atoms with van der Waals surface area (Å²) in [6.07, 6.45) is 1.46. The van der Waals surface area contributed by atoms with Crippen LogP contribution in [0.3, 0.4) is 0 Å². The zero-order chi connectivity index (χ0) is 18.5. The summed E-state index contributed by atoms with van der Waals surface area (Å²) in [5, 5.41) is 13.3. The van der Waals surface area contributed by atoms with Crippen molar-refractivity contribution in [3.8, 4) is 0 Å². The lowest BCUT2D eigenvalue weighted by molar-refractivity contribution is -0.129. The number of hydrogen-bond donors (Lipinski definition) is 2. The smallest absolute Gasteiger partial charge is 0.247 e. The fourth-order valence-corrected chi connectivity index (χ4v) is 2.61. The van der Waals surface area contributed by atoms with E-state index >= 15 is 0 Å². The van der Waals surface area contributed by atoms with Gasteiger partial charge in [-0.05, 0) is 41.5 Å². The van der Waals surface area contributed by atoms with E-state index in [4.69, 9.17) is 0 Å². The summed E-state index contributed by atoms with van der Waals surface area (Å²) in [5.41, 5.74) is 4.01. The van der Waals surface area contributed by atoms with Gasteiger partial charge in [0.05, 0.1) is 6.42 Å². The number of amides is 2. The van der Waals surface area contributed by atoms with E-state index in [0.717, 1.165) is 22.2 Å². The van der Waals surface area contributed by atoms with E-state index < -0.39 is 0 Å². The minimum absolute atomic E-state index is 0.0163. The number of anilines is 1. The van der Waals surface area contributed by atoms with Gasteiger partial charge in [-0.1, -0.05) is 24.8 Å². The third kappa shape index (κ3) is 4.13. The molecule has 3 aromatic rings. The van der Waals surface area contributed by atoms with E-state index in [2.05, 4.69) is 27.3 Å². The lowest BCUT2D eigenvalue weighted by atomic mass is 10.1. The first-order valence-electron chi connectivity index (χ1n) is 8.11. The second kappa shape index (κ2) is 7.60. The molecule has 0 fully saturated rings. The standard InChI is InChI=1S/C19H19N5O2/c1-3-18(25)20-15-6-4-5-13(9-15)11-19(26)24(2)12-14-7-8-16-17(10-14)22-23-21-16/h3-10H,1,11-12H2,2H3,(H,20,25)(H,21,22,23). The number of aromatic nitrogens is 3. The Morgan fingerprint density at radius 3 is 2.77 bits per heavy atom. The van der Waals surface area contributed by atoms with Crippen LogP contribution in [0.4, 0.5) is 5.69 Å². The molecule has 2 N–H and O–H groups in total. The van der Waals surface area contributed by atoms with Gasteiger partial charge in [0.1, 0.15) is 11.0 Å². The highest BCUT2D eigenvalue weighted by atomic mass is 16.2. The van der Waals surface area contributed by atoms with Crippen LogP contribution in [0.25, 0.3) is 11.0 Å². The van der Waals surface area contributed by atoms with Gasteiger partial charge in [-0.3, -0.25) is 9.59 Å². The van der Waals surface area contributed by atoms with Crippen molar-refractivity contribution < 1.29 is 9.59 Å². The van der Waals surface area contributed by atoms with E-state index in [-0.39, 0.29) is 18.2 Å². The summed E-state index contributed by atoms with van der Waals surface area (Å²) in [4.78, 5) is 25.6. The molecule has 0 bridgehead atoms. The quantitative estimate of drug-likeness (QED) is 0.668. The first kappa shape index (κ1) is 17.3. The molecule has 0 aliphatic carbocycles. The molecule has 0 spiro atoms. The highest BCUT2D eigenvalue weighted by Crippen LogP contribution is 2.15. The summed E-state index contributed by atoms with van der Waals surface area (Å²) in [7, 11) is 1.76. The Morgan fingerprint density at radius 1 is 1.15 bits per heavy atom. The van der Waals surface area contributed by atoms with E-state index in [1.807, 2.05) is 24.3 Å². The number of benzene rings is 2. The molecule has 3 rings (SSSR count). The normalized spacial score (nSPS) is 10.5. The fourth-order valence-electron chi connectivity index (χ4n) is 2.61. The van der Waals surface area contributed by atoms with Gasteiger partial charge in [-0.2, -0.15) is 15.4 Å². The maximum absolute atomic E-state index is 12.5. The lowest BCUT2D eigenvalue weighted by Crippen LogP contribution is -2.27. The van der Waals surface area contributed by atoms with E-state index in [9.17, 15) is 9.59 Å². The van der Waals surface area contributed by atoms with Gasteiger partial charge in [0, 0.05) is 19.3 Å². The van der Waals surface area contributed by atoms with Crippen LogP contribution in [0.1, 0.15) is 11.1 Å². The van der Waals surface area contributed by atoms with Crippen molar-refractivity contribution >= 4 is 28.5 Å². The number of nitrogens with zero attached hydrogens (tertiary/aromatic N) is 3. The maximum Gasteiger partial charge on any atom is 0.247 e. The Morgan fingerprint density at radius 2 is 1.96 bits per heavy atom. The van der Waals surface area contributed by atoms with Gasteiger partial charge < -0.3 is 10.2 Å². The van der Waals surface area contributed by atoms with Crippen LogP contribution in [0.5, 0.6) is 0 Å². The predicted octanol–water partition coefficient (Wildman–Crippen LogP) is 2.28. The molecule has 2 aromatic carbocycles. The number of aromatic amines is 1. The van der Waals surface area contributed by atoms with Crippen LogP contribution in [0.2, 0.25) is 0 Å². The highest BCUT2D eigenvalue weighted by molar-refractivity contribution is 5.98. The molecule has 132 valence electrons. The second-order valence-electron chi connectivity index (χ2n) is 5.97. The molecule has 0 atom stereocenters. The van der Waals surface area contributed by atoms with Gasteiger partial charge in [-0.25, -0.2) is 0 Å². The first-order chi connectivity index (χ1) is 12.5. The minimum atomic E-state index is -0.283. The summed E-state index contributed by atoms with van der Waals surface area (Å²) in [6, 6.07) is 12.9. The third-order valence-corrected chi connectivity index (χ3v) is 3.96. The number of rotatable bonds is 6. The molecule has 2 amide bonds. The molecular formula is C19H19N5O2. The molecular weight excluding hydrogens is 330 g/mol. The monoisotopic (exact) mass is 349 g/mol. The van der Waals surface area contributed by atoms with Crippen LogP contribution < -0.4 is 5.32 Å². The molecule has 0 radical (unpaired) electrons. The Bertz CT molecular complexity index is 963. The van der Waals surface area contributed by atoms with Crippen LogP contribution in [0, 0.1) is 0 Å². The average molecular weight is 349 g/mol. The topological polar surface area (TPSA) is 91.0 Å². The van der Waals surface area contributed by atoms with Crippen molar-refractivity contribution in [3.05, 3.63) is 66.2 Å². The van der Waals surface area contributed by atoms with Crippen LogP contribution >= 0.6 is 0 Å². The van der Waals surface area contributed by atoms with E-state index in [1.54, 1.807) is 30.1 Å². The van der Waals surface area contributed by atoms with E-state index in [1.165, 1.54) is 6.08 Å². The molecule has 0 aliphatic heterocycles. The first-order valence-corrected chi connectivity index (χ1v) is 8.11. The third-order valence-electron chi connectivity index (χ3n) is 3.96. The van der Waals surface area contributed by atoms with Gasteiger partial charge in [0.2, 0.25) is 11.8 Å². The maximum atomic E-state index is 12.5. The zero-order valence-electron chi connectivity index (χ0n) is 14.4. The molecule has 1 heterocycles. The van der Waals surface area contributed by atoms with Gasteiger partial charge >= 0.3 is 0 Å². The average Bonchev–Trinajstić information content (AvgIpc) is 3.09. The molecule has 0 aliphatic rings. The lowest BCUT2D eigenvalue weighted by Gasteiger charge is -2.17. The zero-order valence-corrected chi connectivity index (χ0v) is 14.4. The Kier molecular flexibility index (Phi) is 5.07. The summed E-state index contributed by atoms with van der Waals surface area (Å²) in [6.45, 7) is 3.90. The van der Waals surface area contributed by atoms with Crippen molar-refractivity contribution in [1.82, 2.24) is 20.3 Å². The number of H-pyrrole nitrogens is 1. The van der Waals surface area contributed by atoms with Gasteiger partial charge in [-0.15, -0.1) is 0 Å². The molecule has 0 saturated carbocycles. The van der Waals surface area contributed by atoms with Crippen LogP contribution in [-0.2, 0) is 22.6 Å². The van der Waals surface area contributed by atoms with Gasteiger partial charge in [0.15, 0.2) is 0 Å². The molecule has 0 saturated heterocycles. The highest BCUT2D eigenvalue weighted by Gasteiger charge is 2.12. The van der Waals surface area contributed by atoms with Crippen molar-refractivity contribution in [2.45, 2.75) is 13.0 Å². The van der Waals surface area contributed by atoms with Gasteiger partial charge in [0.25, 0.3) is 0 Å². The number of hydrogen-bond acceptors (Lipinski definition) is 4. The second-order valence-corrected chi connectivity index (χ2v) is 5.97. The summed E-state index contributed by atoms with van der Waals surface area (Å²) < 4.78 is 0. The SMILES string of the molecule is C=CC(=O)Nc1cccc(CC(=O)N(C)Cc2ccc3n[nH]nc3c2)c1. The number of likely N-dealkylation sites (N-methyl/N-ethyl adjacent to an activating group) is 1. The predicted molar refractivity (Wildman–Crippen MR) is 99.3 cm³/mol. The number of carbonyl (C=O) groups is 2. The number of carbonyl (C=O) groups excluding carboxylic acids is 2. The van der Waals surface area contributed by atoms with Crippen LogP contribution in [-0.4, -0.2) is 39.2 Å². The van der Waals surface area contributed by atoms with Crippen molar-refractivity contribution in [2.75, 3.05) is 12.4 Å². The Balaban J connectivity index is 1.64. The number of fused-ring (bicyclic) bond motifs is 1. The van der Waals surface area contributed by atoms with Crippen molar-refractivity contribution in [3.63, 3.8) is 0 Å². The largest absolute Gasteiger partial charge is 0.341 e. The van der Waals surface area contributed by atoms with Crippen molar-refractivity contribution in [1.29, 1.82) is 0 Å².